The zero-order chi connectivity index (χ0) is 58.6. The van der Waals surface area contributed by atoms with Gasteiger partial charge >= 0.3 is 0 Å². The fourth-order valence-electron chi connectivity index (χ4n) is 3.90. The van der Waals surface area contributed by atoms with E-state index in [2.05, 4.69) is 120 Å². The molecule has 0 N–H and O–H groups in total. The predicted octanol–water partition coefficient (Wildman–Crippen LogP) is 11.9. The molecule has 0 bridgehead atoms. The van der Waals surface area contributed by atoms with E-state index in [-0.39, 0.29) is 0 Å². The first-order chi connectivity index (χ1) is 35.9. The maximum Gasteiger partial charge on any atom is 0.213 e. The van der Waals surface area contributed by atoms with Crippen LogP contribution in [0.3, 0.4) is 0 Å². The van der Waals surface area contributed by atoms with E-state index in [1.54, 1.807) is 54.7 Å². The van der Waals surface area contributed by atoms with Crippen molar-refractivity contribution >= 4 is 23.1 Å². The average molecular weight is 1080 g/mol. The number of hydrogen-bond acceptors (Lipinski definition) is 16. The van der Waals surface area contributed by atoms with Crippen LogP contribution in [-0.4, -0.2) is 64.2 Å². The Morgan fingerprint density at radius 2 is 1.00 bits per heavy atom. The molecular formula is C55H95N16O2S2+3. The highest BCUT2D eigenvalue weighted by atomic mass is 32.1. The third-order valence-electron chi connectivity index (χ3n) is 7.79. The fourth-order valence-corrected chi connectivity index (χ4v) is 5.04. The van der Waals surface area contributed by atoms with Gasteiger partial charge in [0.2, 0.25) is 11.8 Å². The van der Waals surface area contributed by atoms with Gasteiger partial charge in [0.15, 0.2) is 36.7 Å². The summed E-state index contributed by atoms with van der Waals surface area (Å²) in [5.41, 5.74) is 7.71. The minimum atomic E-state index is 0.623. The van der Waals surface area contributed by atoms with Gasteiger partial charge in [-0.15, -0.1) is 31.7 Å². The Balaban J connectivity index is -0.000000240. The summed E-state index contributed by atoms with van der Waals surface area (Å²) in [6, 6.07) is 16.2. The average Bonchev–Trinajstić information content (AvgIpc) is 4.30. The minimum absolute atomic E-state index is 0.623. The van der Waals surface area contributed by atoms with Gasteiger partial charge in [0.05, 0.1) is 23.1 Å². The molecule has 0 unspecified atom stereocenters. The first-order valence-corrected chi connectivity index (χ1v) is 26.7. The number of nitrogens with zero attached hydrogens (tertiary/aromatic N) is 16. The Bertz CT molecular complexity index is 2340. The summed E-state index contributed by atoms with van der Waals surface area (Å²) in [6.45, 7) is 43.2. The highest BCUT2D eigenvalue weighted by Gasteiger charge is 1.95. The Hall–Kier alpha value is -6.93. The van der Waals surface area contributed by atoms with E-state index in [0.717, 1.165) is 38.6 Å². The molecule has 9 heterocycles. The Morgan fingerprint density at radius 3 is 1.21 bits per heavy atom. The lowest BCUT2D eigenvalue weighted by molar-refractivity contribution is -0.677. The van der Waals surface area contributed by atoms with Crippen LogP contribution in [0.5, 0.6) is 0 Å². The van der Waals surface area contributed by atoms with Crippen LogP contribution in [0, 0.1) is 83.1 Å². The molecule has 0 spiro atoms. The second kappa shape index (κ2) is 53.4. The van der Waals surface area contributed by atoms with Crippen LogP contribution in [0.1, 0.15) is 136 Å². The van der Waals surface area contributed by atoms with Gasteiger partial charge in [-0.25, -0.2) is 33.3 Å². The van der Waals surface area contributed by atoms with Crippen LogP contribution in [0.25, 0.3) is 0 Å². The van der Waals surface area contributed by atoms with Gasteiger partial charge in [0.1, 0.15) is 61.0 Å². The minimum Gasteiger partial charge on any atom is -0.426 e. The summed E-state index contributed by atoms with van der Waals surface area (Å²) in [6.07, 6.45) is 16.8. The van der Waals surface area contributed by atoms with Gasteiger partial charge in [0, 0.05) is 76.1 Å². The summed E-state index contributed by atoms with van der Waals surface area (Å²) < 4.78 is 24.9. The van der Waals surface area contributed by atoms with Crippen molar-refractivity contribution in [2.45, 2.75) is 152 Å². The molecule has 0 aliphatic heterocycles. The van der Waals surface area contributed by atoms with Crippen LogP contribution in [0.2, 0.25) is 0 Å². The van der Waals surface area contributed by atoms with Crippen molar-refractivity contribution in [3.63, 3.8) is 0 Å². The molecule has 9 aromatic heterocycles. The van der Waals surface area contributed by atoms with Crippen molar-refractivity contribution in [3.8, 4) is 0 Å². The van der Waals surface area contributed by atoms with Crippen molar-refractivity contribution in [2.24, 2.45) is 28.2 Å². The number of hydrogen-bond donors (Lipinski definition) is 0. The molecule has 416 valence electrons. The lowest BCUT2D eigenvalue weighted by Crippen LogP contribution is -2.30. The van der Waals surface area contributed by atoms with E-state index in [4.69, 9.17) is 4.42 Å². The Labute approximate surface area is 460 Å². The standard InChI is InChI=1S/3C7H10N.C5H6N2.2C4H6N2O.2C4H6N2S.C3H5N3.5C2H6/c1-7-3-5-8(2)6-4-7;1-7-4-3-5-8(2)6-7;1-7-5-3-4-6-8(7)2;1-5-6-3-2-4-7-5;1-3-5-6-4(2)7-3;1-3-4(2)6-7-5-3;1-3-5-6-4(2)7-3;1-3-4(2)6-7-5-3;1-6-3-4-2-5-6;5*1-2/h3*3-6H,1-2H3;2-4H,1H3;4*1-2H3;2-3H,1H3;5*1-2H3/q3*+1;;;;;;;;;;;. The van der Waals surface area contributed by atoms with Crippen LogP contribution < -0.4 is 13.7 Å². The van der Waals surface area contributed by atoms with Gasteiger partial charge in [-0.1, -0.05) is 85.6 Å². The second-order valence-corrected chi connectivity index (χ2v) is 15.9. The highest BCUT2D eigenvalue weighted by molar-refractivity contribution is 7.11. The molecule has 9 aromatic rings. The van der Waals surface area contributed by atoms with Gasteiger partial charge in [-0.2, -0.15) is 13.8 Å². The summed E-state index contributed by atoms with van der Waals surface area (Å²) in [7, 11) is 7.90. The van der Waals surface area contributed by atoms with E-state index in [0.29, 0.717) is 11.8 Å². The normalized spacial score (nSPS) is 8.40. The van der Waals surface area contributed by atoms with Gasteiger partial charge in [-0.05, 0) is 80.0 Å². The first-order valence-electron chi connectivity index (χ1n) is 25.2. The lowest BCUT2D eigenvalue weighted by Gasteiger charge is -1.87. The van der Waals surface area contributed by atoms with E-state index in [1.807, 2.05) is 198 Å². The number of pyridine rings is 3. The van der Waals surface area contributed by atoms with E-state index >= 15 is 0 Å². The number of rotatable bonds is 0. The quantitative estimate of drug-likeness (QED) is 0.130. The summed E-state index contributed by atoms with van der Waals surface area (Å²) in [5.74, 6) is 2.07. The fraction of sp³-hybridized carbons (Fsp3) is 0.473. The van der Waals surface area contributed by atoms with E-state index < -0.39 is 0 Å². The maximum atomic E-state index is 4.86. The van der Waals surface area contributed by atoms with E-state index in [1.165, 1.54) is 34.9 Å². The molecule has 0 radical (unpaired) electrons. The zero-order valence-electron chi connectivity index (χ0n) is 50.6. The smallest absolute Gasteiger partial charge is 0.213 e. The molecule has 18 nitrogen and oxygen atoms in total. The van der Waals surface area contributed by atoms with Crippen LogP contribution in [0.15, 0.2) is 114 Å². The van der Waals surface area contributed by atoms with Crippen molar-refractivity contribution in [3.05, 3.63) is 172 Å². The Kier molecular flexibility index (Phi) is 54.8. The third-order valence-corrected chi connectivity index (χ3v) is 9.25. The number of aromatic nitrogens is 16. The third kappa shape index (κ3) is 47.8. The summed E-state index contributed by atoms with van der Waals surface area (Å²) in [5, 5.41) is 27.6. The topological polar surface area (TPSA) is 198 Å². The monoisotopic (exact) mass is 1080 g/mol. The van der Waals surface area contributed by atoms with E-state index in [9.17, 15) is 0 Å². The number of aryl methyl sites for hydroxylation is 16. The van der Waals surface area contributed by atoms with Crippen molar-refractivity contribution in [1.82, 2.24) is 64.2 Å². The highest BCUT2D eigenvalue weighted by Crippen LogP contribution is 2.04. The van der Waals surface area contributed by atoms with Gasteiger partial charge in [-0.3, -0.25) is 4.68 Å². The Morgan fingerprint density at radius 1 is 0.507 bits per heavy atom. The van der Waals surface area contributed by atoms with Gasteiger partial charge < -0.3 is 4.42 Å². The first kappa shape index (κ1) is 77.0. The van der Waals surface area contributed by atoms with Crippen molar-refractivity contribution < 1.29 is 22.7 Å². The molecule has 0 fully saturated rings. The molecule has 0 aromatic carbocycles. The molecule has 75 heavy (non-hydrogen) atoms. The molecule has 20 heteroatoms. The molecule has 9 rings (SSSR count). The van der Waals surface area contributed by atoms with Crippen LogP contribution in [-0.2, 0) is 28.2 Å². The summed E-state index contributed by atoms with van der Waals surface area (Å²) in [4.78, 5) is 11.4. The zero-order valence-corrected chi connectivity index (χ0v) is 52.2. The van der Waals surface area contributed by atoms with Gasteiger partial charge in [0.25, 0.3) is 0 Å². The molecule has 0 saturated heterocycles. The van der Waals surface area contributed by atoms with Crippen LogP contribution in [0.4, 0.5) is 0 Å². The van der Waals surface area contributed by atoms with Crippen LogP contribution >= 0.6 is 23.1 Å². The molecular weight excluding hydrogens is 981 g/mol. The molecule has 0 amide bonds. The maximum absolute atomic E-state index is 4.86. The largest absolute Gasteiger partial charge is 0.426 e. The SMILES string of the molecule is CC.CC.CC.CC.CC.Cc1cc[n+](C)cc1.Cc1ccc[n+](C)c1.Cc1cccc[n+]1C.Cc1ncccn1.Cc1nnc(C)o1.Cc1nnc(C)s1.Cc1nonc1C.Cc1nsnc1C.Cn1cncn1. The molecule has 0 atom stereocenters. The lowest BCUT2D eigenvalue weighted by atomic mass is 10.3. The van der Waals surface area contributed by atoms with Crippen molar-refractivity contribution in [1.29, 1.82) is 0 Å². The summed E-state index contributed by atoms with van der Waals surface area (Å²) >= 11 is 2.89. The molecule has 0 aliphatic rings. The molecule has 0 saturated carbocycles. The van der Waals surface area contributed by atoms with Crippen molar-refractivity contribution in [2.75, 3.05) is 0 Å². The molecule has 0 aliphatic carbocycles. The second-order valence-electron chi connectivity index (χ2n) is 14.0. The predicted molar refractivity (Wildman–Crippen MR) is 308 cm³/mol.